The Balaban J connectivity index is 2.59. The second-order valence-electron chi connectivity index (χ2n) is 4.25. The first-order valence-corrected chi connectivity index (χ1v) is 6.53. The number of hydrogen-bond donors (Lipinski definition) is 1. The van der Waals surface area contributed by atoms with E-state index in [1.807, 2.05) is 0 Å². The lowest BCUT2D eigenvalue weighted by Gasteiger charge is -2.18. The van der Waals surface area contributed by atoms with Crippen molar-refractivity contribution in [1.82, 2.24) is 5.32 Å². The van der Waals surface area contributed by atoms with Crippen molar-refractivity contribution in [2.75, 3.05) is 6.54 Å². The van der Waals surface area contributed by atoms with E-state index in [9.17, 15) is 0 Å². The Morgan fingerprint density at radius 1 is 1.38 bits per heavy atom. The van der Waals surface area contributed by atoms with Crippen LogP contribution in [0.5, 0.6) is 0 Å². The fraction of sp³-hybridized carbons (Fsp3) is 0.429. The molecule has 0 aromatic heterocycles. The fourth-order valence-corrected chi connectivity index (χ4v) is 2.10. The number of rotatable bonds is 6. The van der Waals surface area contributed by atoms with E-state index in [-0.39, 0.29) is 0 Å². The molecule has 0 aliphatic heterocycles. The van der Waals surface area contributed by atoms with Gasteiger partial charge in [0.2, 0.25) is 0 Å². The first kappa shape index (κ1) is 13.5. The smallest absolute Gasteiger partial charge is 0.0175 e. The average molecular weight is 282 g/mol. The summed E-state index contributed by atoms with van der Waals surface area (Å²) in [6.07, 6.45) is 2.11. The van der Waals surface area contributed by atoms with Crippen LogP contribution in [-0.2, 0) is 6.42 Å². The average Bonchev–Trinajstić information content (AvgIpc) is 2.21. The molecule has 1 unspecified atom stereocenters. The van der Waals surface area contributed by atoms with Gasteiger partial charge in [-0.25, -0.2) is 0 Å². The molecule has 0 saturated carbocycles. The van der Waals surface area contributed by atoms with Crippen LogP contribution in [0.4, 0.5) is 0 Å². The summed E-state index contributed by atoms with van der Waals surface area (Å²) in [6, 6.07) is 9.04. The summed E-state index contributed by atoms with van der Waals surface area (Å²) in [5.41, 5.74) is 2.61. The number of nitrogens with one attached hydrogen (secondary N) is 1. The molecule has 1 nitrogen and oxygen atoms in total. The van der Waals surface area contributed by atoms with Gasteiger partial charge >= 0.3 is 0 Å². The molecule has 0 aliphatic rings. The largest absolute Gasteiger partial charge is 0.314 e. The zero-order valence-corrected chi connectivity index (χ0v) is 11.7. The maximum Gasteiger partial charge on any atom is 0.0175 e. The summed E-state index contributed by atoms with van der Waals surface area (Å²) < 4.78 is 1.14. The number of halogens is 1. The molecule has 88 valence electrons. The predicted octanol–water partition coefficient (Wildman–Crippen LogP) is 3.94. The molecule has 0 radical (unpaired) electrons. The Morgan fingerprint density at radius 2 is 2.00 bits per heavy atom. The predicted molar refractivity (Wildman–Crippen MR) is 74.7 cm³/mol. The van der Waals surface area contributed by atoms with E-state index in [1.54, 1.807) is 0 Å². The minimum absolute atomic E-state index is 0.503. The first-order chi connectivity index (χ1) is 7.61. The second kappa shape index (κ2) is 6.87. The van der Waals surface area contributed by atoms with Crippen molar-refractivity contribution in [3.05, 3.63) is 46.5 Å². The summed E-state index contributed by atoms with van der Waals surface area (Å²) in [6.45, 7) is 9.23. The number of likely N-dealkylation sites (N-methyl/N-ethyl adjacent to an activating group) is 1. The Morgan fingerprint density at radius 3 is 2.50 bits per heavy atom. The van der Waals surface area contributed by atoms with Gasteiger partial charge in [0.05, 0.1) is 0 Å². The Labute approximate surface area is 107 Å². The van der Waals surface area contributed by atoms with Gasteiger partial charge in [0, 0.05) is 10.5 Å². The zero-order chi connectivity index (χ0) is 12.0. The molecular weight excluding hydrogens is 262 g/mol. The van der Waals surface area contributed by atoms with Crippen LogP contribution in [0.1, 0.15) is 25.8 Å². The van der Waals surface area contributed by atoms with E-state index in [0.717, 1.165) is 23.9 Å². The summed E-state index contributed by atoms with van der Waals surface area (Å²) in [7, 11) is 0. The minimum atomic E-state index is 0.503. The van der Waals surface area contributed by atoms with Crippen molar-refractivity contribution in [1.29, 1.82) is 0 Å². The van der Waals surface area contributed by atoms with Gasteiger partial charge in [0.1, 0.15) is 0 Å². The van der Waals surface area contributed by atoms with Crippen molar-refractivity contribution in [2.45, 2.75) is 32.7 Å². The molecule has 1 aromatic rings. The molecular formula is C14H20BrN. The van der Waals surface area contributed by atoms with E-state index in [1.165, 1.54) is 11.1 Å². The van der Waals surface area contributed by atoms with Crippen molar-refractivity contribution < 1.29 is 0 Å². The highest BCUT2D eigenvalue weighted by Crippen LogP contribution is 2.14. The SMILES string of the molecule is C=C(C)CC(Cc1ccc(Br)cc1)NCC. The van der Waals surface area contributed by atoms with E-state index >= 15 is 0 Å². The van der Waals surface area contributed by atoms with E-state index < -0.39 is 0 Å². The Kier molecular flexibility index (Phi) is 5.78. The second-order valence-corrected chi connectivity index (χ2v) is 5.16. The molecule has 0 amide bonds. The van der Waals surface area contributed by atoms with Crippen LogP contribution in [0.2, 0.25) is 0 Å². The molecule has 2 heteroatoms. The van der Waals surface area contributed by atoms with Gasteiger partial charge in [0.25, 0.3) is 0 Å². The molecule has 1 aromatic carbocycles. The molecule has 0 spiro atoms. The van der Waals surface area contributed by atoms with Gasteiger partial charge in [-0.3, -0.25) is 0 Å². The molecule has 0 bridgehead atoms. The molecule has 0 heterocycles. The van der Waals surface area contributed by atoms with Crippen LogP contribution < -0.4 is 5.32 Å². The molecule has 1 rings (SSSR count). The van der Waals surface area contributed by atoms with Gasteiger partial charge in [-0.15, -0.1) is 6.58 Å². The van der Waals surface area contributed by atoms with Gasteiger partial charge in [-0.1, -0.05) is 40.6 Å². The van der Waals surface area contributed by atoms with Crippen LogP contribution in [0.25, 0.3) is 0 Å². The van der Waals surface area contributed by atoms with Gasteiger partial charge in [-0.05, 0) is 44.0 Å². The lowest BCUT2D eigenvalue weighted by molar-refractivity contribution is 0.520. The molecule has 0 fully saturated rings. The van der Waals surface area contributed by atoms with Crippen LogP contribution in [0.3, 0.4) is 0 Å². The third-order valence-electron chi connectivity index (χ3n) is 2.48. The van der Waals surface area contributed by atoms with Gasteiger partial charge in [-0.2, -0.15) is 0 Å². The quantitative estimate of drug-likeness (QED) is 0.779. The van der Waals surface area contributed by atoms with Gasteiger partial charge in [0.15, 0.2) is 0 Å². The number of hydrogen-bond acceptors (Lipinski definition) is 1. The van der Waals surface area contributed by atoms with E-state index in [2.05, 4.69) is 65.9 Å². The summed E-state index contributed by atoms with van der Waals surface area (Å²) in [5, 5.41) is 3.50. The highest BCUT2D eigenvalue weighted by Gasteiger charge is 2.08. The van der Waals surface area contributed by atoms with E-state index in [4.69, 9.17) is 0 Å². The zero-order valence-electron chi connectivity index (χ0n) is 10.1. The third-order valence-corrected chi connectivity index (χ3v) is 3.01. The Hall–Kier alpha value is -0.600. The standard InChI is InChI=1S/C14H20BrN/c1-4-16-14(9-11(2)3)10-12-5-7-13(15)8-6-12/h5-8,14,16H,2,4,9-10H2,1,3H3. The monoisotopic (exact) mass is 281 g/mol. The molecule has 0 aliphatic carbocycles. The molecule has 1 atom stereocenters. The molecule has 0 saturated heterocycles. The lowest BCUT2D eigenvalue weighted by Crippen LogP contribution is -2.31. The normalized spacial score (nSPS) is 12.4. The van der Waals surface area contributed by atoms with Crippen LogP contribution in [-0.4, -0.2) is 12.6 Å². The van der Waals surface area contributed by atoms with E-state index in [0.29, 0.717) is 6.04 Å². The lowest BCUT2D eigenvalue weighted by atomic mass is 10.0. The molecule has 1 N–H and O–H groups in total. The van der Waals surface area contributed by atoms with Crippen molar-refractivity contribution in [3.63, 3.8) is 0 Å². The summed E-state index contributed by atoms with van der Waals surface area (Å²) in [5.74, 6) is 0. The van der Waals surface area contributed by atoms with Crippen LogP contribution >= 0.6 is 15.9 Å². The third kappa shape index (κ3) is 4.95. The van der Waals surface area contributed by atoms with Gasteiger partial charge < -0.3 is 5.32 Å². The van der Waals surface area contributed by atoms with Crippen LogP contribution in [0.15, 0.2) is 40.9 Å². The first-order valence-electron chi connectivity index (χ1n) is 5.74. The summed E-state index contributed by atoms with van der Waals surface area (Å²) >= 11 is 3.45. The van der Waals surface area contributed by atoms with Crippen molar-refractivity contribution in [2.24, 2.45) is 0 Å². The maximum absolute atomic E-state index is 3.99. The highest BCUT2D eigenvalue weighted by molar-refractivity contribution is 9.10. The minimum Gasteiger partial charge on any atom is -0.314 e. The van der Waals surface area contributed by atoms with Crippen molar-refractivity contribution in [3.8, 4) is 0 Å². The topological polar surface area (TPSA) is 12.0 Å². The fourth-order valence-electron chi connectivity index (χ4n) is 1.83. The highest BCUT2D eigenvalue weighted by atomic mass is 79.9. The van der Waals surface area contributed by atoms with Crippen LogP contribution in [0, 0.1) is 0 Å². The molecule has 16 heavy (non-hydrogen) atoms. The maximum atomic E-state index is 3.99. The Bertz CT molecular complexity index is 329. The number of benzene rings is 1. The summed E-state index contributed by atoms with van der Waals surface area (Å²) in [4.78, 5) is 0. The van der Waals surface area contributed by atoms with Crippen molar-refractivity contribution >= 4 is 15.9 Å².